The zero-order valence-electron chi connectivity index (χ0n) is 21.4. The lowest BCUT2D eigenvalue weighted by Crippen LogP contribution is -2.62. The van der Waals surface area contributed by atoms with Crippen LogP contribution in [0.25, 0.3) is 10.8 Å². The van der Waals surface area contributed by atoms with Gasteiger partial charge in [-0.3, -0.25) is 14.6 Å². The van der Waals surface area contributed by atoms with Gasteiger partial charge < -0.3 is 19.9 Å². The third kappa shape index (κ3) is 5.05. The van der Waals surface area contributed by atoms with E-state index in [0.717, 1.165) is 27.6 Å². The molecule has 9 nitrogen and oxygen atoms in total. The molecule has 2 fully saturated rings. The van der Waals surface area contributed by atoms with Gasteiger partial charge in [-0.1, -0.05) is 60.7 Å². The first kappa shape index (κ1) is 25.3. The zero-order valence-corrected chi connectivity index (χ0v) is 21.4. The summed E-state index contributed by atoms with van der Waals surface area (Å²) >= 11 is 0. The van der Waals surface area contributed by atoms with Crippen molar-refractivity contribution < 1.29 is 19.1 Å². The molecule has 2 aliphatic heterocycles. The van der Waals surface area contributed by atoms with Gasteiger partial charge in [0.05, 0.1) is 26.7 Å². The molecule has 196 valence electrons. The molecule has 9 heteroatoms. The fourth-order valence-corrected chi connectivity index (χ4v) is 5.07. The summed E-state index contributed by atoms with van der Waals surface area (Å²) in [5.74, 6) is 0.456. The number of carbonyl (C=O) groups excluding carboxylic acids is 3. The topological polar surface area (TPSA) is 85.4 Å². The van der Waals surface area contributed by atoms with Crippen LogP contribution in [0.3, 0.4) is 0 Å². The summed E-state index contributed by atoms with van der Waals surface area (Å²) in [6.45, 7) is 5.08. The fourth-order valence-electron chi connectivity index (χ4n) is 5.07. The Morgan fingerprint density at radius 3 is 2.58 bits per heavy atom. The molecule has 0 radical (unpaired) electrons. The molecule has 0 bridgehead atoms. The van der Waals surface area contributed by atoms with Crippen LogP contribution in [0.2, 0.25) is 0 Å². The van der Waals surface area contributed by atoms with E-state index in [0.29, 0.717) is 19.6 Å². The Labute approximate surface area is 221 Å². The summed E-state index contributed by atoms with van der Waals surface area (Å²) in [7, 11) is 1.60. The minimum Gasteiger partial charge on any atom is -0.497 e. The third-order valence-electron chi connectivity index (χ3n) is 7.05. The molecule has 0 spiro atoms. The van der Waals surface area contributed by atoms with E-state index in [1.165, 1.54) is 5.01 Å². The summed E-state index contributed by atoms with van der Waals surface area (Å²) in [5.41, 5.74) is 1.96. The molecule has 5 rings (SSSR count). The first-order valence-electron chi connectivity index (χ1n) is 12.6. The number of hydrazine groups is 1. The Hall–Kier alpha value is -4.37. The predicted octanol–water partition coefficient (Wildman–Crippen LogP) is 2.97. The molecule has 1 atom stereocenters. The molecule has 4 amide bonds. The molecule has 38 heavy (non-hydrogen) atoms. The minimum atomic E-state index is -0.443. The summed E-state index contributed by atoms with van der Waals surface area (Å²) in [6.07, 6.45) is 1.18. The summed E-state index contributed by atoms with van der Waals surface area (Å²) in [6, 6.07) is 21.2. The number of piperazine rings is 1. The van der Waals surface area contributed by atoms with Crippen molar-refractivity contribution in [1.82, 2.24) is 25.1 Å². The monoisotopic (exact) mass is 513 g/mol. The Balaban J connectivity index is 1.32. The number of ether oxygens (including phenoxy) is 1. The predicted molar refractivity (Wildman–Crippen MR) is 144 cm³/mol. The lowest BCUT2D eigenvalue weighted by atomic mass is 10.0. The largest absolute Gasteiger partial charge is 0.497 e. The number of benzene rings is 3. The summed E-state index contributed by atoms with van der Waals surface area (Å²) in [4.78, 5) is 42.6. The second kappa shape index (κ2) is 10.9. The number of fused-ring (bicyclic) bond motifs is 2. The van der Waals surface area contributed by atoms with Gasteiger partial charge in [-0.05, 0) is 34.0 Å². The number of rotatable bonds is 8. The molecule has 0 aromatic heterocycles. The Morgan fingerprint density at radius 1 is 1.05 bits per heavy atom. The third-order valence-corrected chi connectivity index (χ3v) is 7.05. The highest BCUT2D eigenvalue weighted by molar-refractivity contribution is 5.90. The molecule has 0 unspecified atom stereocenters. The molecular formula is C29H31N5O4. The average molecular weight is 514 g/mol. The van der Waals surface area contributed by atoms with Crippen molar-refractivity contribution in [3.63, 3.8) is 0 Å². The number of nitrogens with zero attached hydrogens (tertiary/aromatic N) is 4. The maximum atomic E-state index is 13.3. The summed E-state index contributed by atoms with van der Waals surface area (Å²) < 4.78 is 5.19. The number of methoxy groups -OCH3 is 1. The smallest absolute Gasteiger partial charge is 0.332 e. The number of urea groups is 1. The van der Waals surface area contributed by atoms with Gasteiger partial charge in [-0.25, -0.2) is 4.79 Å². The maximum absolute atomic E-state index is 13.3. The van der Waals surface area contributed by atoms with Crippen molar-refractivity contribution >= 4 is 28.6 Å². The van der Waals surface area contributed by atoms with E-state index in [9.17, 15) is 14.4 Å². The van der Waals surface area contributed by atoms with Gasteiger partial charge in [0.15, 0.2) is 0 Å². The molecular weight excluding hydrogens is 482 g/mol. The van der Waals surface area contributed by atoms with Gasteiger partial charge in [0.25, 0.3) is 0 Å². The maximum Gasteiger partial charge on any atom is 0.332 e. The minimum absolute atomic E-state index is 0.0137. The number of carbonyl (C=O) groups is 3. The van der Waals surface area contributed by atoms with E-state index in [4.69, 9.17) is 4.74 Å². The highest BCUT2D eigenvalue weighted by Crippen LogP contribution is 2.26. The van der Waals surface area contributed by atoms with Crippen molar-refractivity contribution in [3.05, 3.63) is 90.5 Å². The van der Waals surface area contributed by atoms with Crippen LogP contribution in [0.1, 0.15) is 11.1 Å². The second-order valence-electron chi connectivity index (χ2n) is 9.39. The van der Waals surface area contributed by atoms with Crippen molar-refractivity contribution in [3.8, 4) is 5.75 Å². The first-order chi connectivity index (χ1) is 18.5. The van der Waals surface area contributed by atoms with Crippen LogP contribution in [-0.2, 0) is 22.7 Å². The van der Waals surface area contributed by atoms with E-state index in [-0.39, 0.29) is 37.5 Å². The van der Waals surface area contributed by atoms with Crippen LogP contribution in [0, 0.1) is 0 Å². The van der Waals surface area contributed by atoms with Crippen molar-refractivity contribution in [1.29, 1.82) is 0 Å². The lowest BCUT2D eigenvalue weighted by molar-refractivity contribution is -0.149. The fraction of sp³-hybridized carbons (Fsp3) is 0.276. The van der Waals surface area contributed by atoms with Crippen LogP contribution in [-0.4, -0.2) is 77.1 Å². The van der Waals surface area contributed by atoms with E-state index >= 15 is 0 Å². The van der Waals surface area contributed by atoms with Crippen molar-refractivity contribution in [2.45, 2.75) is 19.3 Å². The second-order valence-corrected chi connectivity index (χ2v) is 9.39. The van der Waals surface area contributed by atoms with E-state index in [2.05, 4.69) is 18.0 Å². The van der Waals surface area contributed by atoms with Gasteiger partial charge in [0.1, 0.15) is 18.5 Å². The van der Waals surface area contributed by atoms with Gasteiger partial charge >= 0.3 is 6.03 Å². The van der Waals surface area contributed by atoms with Crippen LogP contribution < -0.4 is 10.1 Å². The molecule has 0 aliphatic carbocycles. The normalized spacial score (nSPS) is 17.4. The number of hydrogen-bond donors (Lipinski definition) is 1. The molecule has 1 N–H and O–H groups in total. The van der Waals surface area contributed by atoms with Crippen molar-refractivity contribution in [2.24, 2.45) is 0 Å². The van der Waals surface area contributed by atoms with Gasteiger partial charge in [0.2, 0.25) is 11.8 Å². The number of nitrogens with one attached hydrogen (secondary N) is 1. The van der Waals surface area contributed by atoms with Gasteiger partial charge in [-0.15, -0.1) is 6.58 Å². The standard InChI is InChI=1S/C29H31N5O4/c1-3-15-33(29(37)30-16-21-11-13-24(38-2)14-12-21)34-20-28(36)32-19-27(35)31(18-26(32)34)17-23-9-6-8-22-7-4-5-10-25(22)23/h3-14,26H,1,15-20H2,2H3,(H,30,37)/t26-/m0/s1. The summed E-state index contributed by atoms with van der Waals surface area (Å²) in [5, 5.41) is 8.39. The van der Waals surface area contributed by atoms with E-state index in [1.807, 2.05) is 60.7 Å². The van der Waals surface area contributed by atoms with Crippen molar-refractivity contribution in [2.75, 3.05) is 33.3 Å². The van der Waals surface area contributed by atoms with E-state index < -0.39 is 6.17 Å². The number of amides is 4. The van der Waals surface area contributed by atoms with Crippen LogP contribution in [0.15, 0.2) is 79.4 Å². The lowest BCUT2D eigenvalue weighted by Gasteiger charge is -2.42. The van der Waals surface area contributed by atoms with Crippen LogP contribution in [0.4, 0.5) is 4.79 Å². The molecule has 0 saturated carbocycles. The average Bonchev–Trinajstić information content (AvgIpc) is 3.25. The number of hydrogen-bond acceptors (Lipinski definition) is 5. The Kier molecular flexibility index (Phi) is 7.28. The highest BCUT2D eigenvalue weighted by atomic mass is 16.5. The first-order valence-corrected chi connectivity index (χ1v) is 12.6. The van der Waals surface area contributed by atoms with Gasteiger partial charge in [0, 0.05) is 13.1 Å². The SMILES string of the molecule is C=CCN(C(=O)NCc1ccc(OC)cc1)N1CC(=O)N2CC(=O)N(Cc3cccc4ccccc34)C[C@@H]21. The highest BCUT2D eigenvalue weighted by Gasteiger charge is 2.47. The quantitative estimate of drug-likeness (QED) is 0.468. The van der Waals surface area contributed by atoms with Crippen LogP contribution in [0.5, 0.6) is 5.75 Å². The van der Waals surface area contributed by atoms with Gasteiger partial charge in [-0.2, -0.15) is 5.01 Å². The molecule has 2 saturated heterocycles. The Bertz CT molecular complexity index is 1350. The zero-order chi connectivity index (χ0) is 26.6. The molecule has 2 heterocycles. The Morgan fingerprint density at radius 2 is 1.82 bits per heavy atom. The molecule has 2 aliphatic rings. The molecule has 3 aromatic rings. The molecule has 3 aromatic carbocycles. The van der Waals surface area contributed by atoms with Crippen LogP contribution >= 0.6 is 0 Å². The van der Waals surface area contributed by atoms with E-state index in [1.54, 1.807) is 28.0 Å².